The van der Waals surface area contributed by atoms with Crippen molar-refractivity contribution in [2.24, 2.45) is 0 Å². The lowest BCUT2D eigenvalue weighted by atomic mass is 10.2. The fraction of sp³-hybridized carbons (Fsp3) is 0.273. The van der Waals surface area contributed by atoms with E-state index in [1.807, 2.05) is 55.1 Å². The number of aryl methyl sites for hydroxylation is 2. The molecule has 6 nitrogen and oxygen atoms in total. The van der Waals surface area contributed by atoms with Gasteiger partial charge in [0.1, 0.15) is 4.90 Å². The van der Waals surface area contributed by atoms with Gasteiger partial charge in [-0.25, -0.2) is 8.42 Å². The molecule has 0 unspecified atom stereocenters. The van der Waals surface area contributed by atoms with Crippen LogP contribution in [0.5, 0.6) is 0 Å². The van der Waals surface area contributed by atoms with E-state index in [4.69, 9.17) is 12.2 Å². The summed E-state index contributed by atoms with van der Waals surface area (Å²) in [6.07, 6.45) is 1.70. The number of sulfonamides is 1. The van der Waals surface area contributed by atoms with Crippen LogP contribution in [0.15, 0.2) is 59.6 Å². The molecule has 1 aromatic heterocycles. The standard InChI is InChI=1S/C22H24N4O2S2/c1-16-14-18-7-5-9-20(21(18)23-15-16)30(27,28)26-12-10-25(11-13-26)22(29)24-19-8-4-3-6-17(19)2/h3-9,14-15H,10-13H2,1-2H3,(H,24,29). The Hall–Kier alpha value is -2.55. The first-order valence-corrected chi connectivity index (χ1v) is 11.7. The molecule has 2 aromatic carbocycles. The Kier molecular flexibility index (Phi) is 5.73. The van der Waals surface area contributed by atoms with Gasteiger partial charge in [-0.1, -0.05) is 30.3 Å². The number of fused-ring (bicyclic) bond motifs is 1. The molecule has 0 aliphatic carbocycles. The lowest BCUT2D eigenvalue weighted by Crippen LogP contribution is -2.51. The number of nitrogens with zero attached hydrogens (tertiary/aromatic N) is 3. The Morgan fingerprint density at radius 3 is 2.50 bits per heavy atom. The summed E-state index contributed by atoms with van der Waals surface area (Å²) in [5, 5.41) is 4.72. The second kappa shape index (κ2) is 8.29. The van der Waals surface area contributed by atoms with E-state index in [9.17, 15) is 8.42 Å². The highest BCUT2D eigenvalue weighted by molar-refractivity contribution is 7.89. The summed E-state index contributed by atoms with van der Waals surface area (Å²) in [5.74, 6) is 0. The molecule has 0 radical (unpaired) electrons. The molecule has 1 aliphatic rings. The number of benzene rings is 2. The summed E-state index contributed by atoms with van der Waals surface area (Å²) < 4.78 is 28.2. The molecule has 1 aliphatic heterocycles. The fourth-order valence-electron chi connectivity index (χ4n) is 3.63. The highest BCUT2D eigenvalue weighted by atomic mass is 32.2. The van der Waals surface area contributed by atoms with Crippen molar-refractivity contribution < 1.29 is 8.42 Å². The second-order valence-corrected chi connectivity index (χ2v) is 9.77. The van der Waals surface area contributed by atoms with E-state index < -0.39 is 10.0 Å². The Labute approximate surface area is 182 Å². The summed E-state index contributed by atoms with van der Waals surface area (Å²) in [5.41, 5.74) is 3.59. The number of para-hydroxylation sites is 2. The lowest BCUT2D eigenvalue weighted by Gasteiger charge is -2.35. The molecule has 1 fully saturated rings. The Morgan fingerprint density at radius 1 is 1.03 bits per heavy atom. The summed E-state index contributed by atoms with van der Waals surface area (Å²) in [4.78, 5) is 6.66. The van der Waals surface area contributed by atoms with Crippen LogP contribution in [0.1, 0.15) is 11.1 Å². The molecular weight excluding hydrogens is 416 g/mol. The maximum absolute atomic E-state index is 13.3. The van der Waals surface area contributed by atoms with E-state index in [1.54, 1.807) is 18.3 Å². The van der Waals surface area contributed by atoms with Gasteiger partial charge in [0, 0.05) is 43.4 Å². The molecule has 2 heterocycles. The third-order valence-corrected chi connectivity index (χ3v) is 7.63. The number of hydrogen-bond donors (Lipinski definition) is 1. The fourth-order valence-corrected chi connectivity index (χ4v) is 5.51. The number of aromatic nitrogens is 1. The zero-order chi connectivity index (χ0) is 21.3. The Bertz CT molecular complexity index is 1200. The molecule has 0 spiro atoms. The van der Waals surface area contributed by atoms with Gasteiger partial charge in [-0.15, -0.1) is 0 Å². The lowest BCUT2D eigenvalue weighted by molar-refractivity contribution is 0.268. The van der Waals surface area contributed by atoms with Gasteiger partial charge in [0.05, 0.1) is 5.52 Å². The Morgan fingerprint density at radius 2 is 1.77 bits per heavy atom. The number of pyridine rings is 1. The van der Waals surface area contributed by atoms with Crippen LogP contribution in [0.2, 0.25) is 0 Å². The van der Waals surface area contributed by atoms with Crippen molar-refractivity contribution in [3.05, 3.63) is 65.9 Å². The molecule has 1 N–H and O–H groups in total. The minimum Gasteiger partial charge on any atom is -0.346 e. The van der Waals surface area contributed by atoms with E-state index in [0.717, 1.165) is 22.2 Å². The van der Waals surface area contributed by atoms with Crippen molar-refractivity contribution in [3.8, 4) is 0 Å². The molecule has 8 heteroatoms. The van der Waals surface area contributed by atoms with E-state index in [2.05, 4.69) is 10.3 Å². The smallest absolute Gasteiger partial charge is 0.245 e. The molecule has 0 amide bonds. The molecule has 156 valence electrons. The van der Waals surface area contributed by atoms with Crippen LogP contribution in [0.3, 0.4) is 0 Å². The van der Waals surface area contributed by atoms with E-state index in [-0.39, 0.29) is 4.90 Å². The molecule has 30 heavy (non-hydrogen) atoms. The van der Waals surface area contributed by atoms with Gasteiger partial charge < -0.3 is 10.2 Å². The van der Waals surface area contributed by atoms with Crippen LogP contribution in [-0.4, -0.2) is 53.9 Å². The average molecular weight is 441 g/mol. The number of thiocarbonyl (C=S) groups is 1. The van der Waals surface area contributed by atoms with Crippen molar-refractivity contribution in [2.45, 2.75) is 18.7 Å². The topological polar surface area (TPSA) is 65.5 Å². The van der Waals surface area contributed by atoms with E-state index in [0.29, 0.717) is 36.8 Å². The highest BCUT2D eigenvalue weighted by Gasteiger charge is 2.30. The summed E-state index contributed by atoms with van der Waals surface area (Å²) in [7, 11) is -3.64. The van der Waals surface area contributed by atoms with Crippen molar-refractivity contribution in [1.82, 2.24) is 14.2 Å². The zero-order valence-corrected chi connectivity index (χ0v) is 18.6. The molecule has 0 saturated carbocycles. The number of piperazine rings is 1. The molecular formula is C22H24N4O2S2. The van der Waals surface area contributed by atoms with Gasteiger partial charge in [0.25, 0.3) is 0 Å². The van der Waals surface area contributed by atoms with Gasteiger partial charge in [0.15, 0.2) is 5.11 Å². The maximum atomic E-state index is 13.3. The van der Waals surface area contributed by atoms with Crippen LogP contribution >= 0.6 is 12.2 Å². The highest BCUT2D eigenvalue weighted by Crippen LogP contribution is 2.25. The second-order valence-electron chi connectivity index (χ2n) is 7.48. The van der Waals surface area contributed by atoms with Crippen LogP contribution in [0.4, 0.5) is 5.69 Å². The van der Waals surface area contributed by atoms with Crippen molar-refractivity contribution in [2.75, 3.05) is 31.5 Å². The number of hydrogen-bond acceptors (Lipinski definition) is 4. The SMILES string of the molecule is Cc1cnc2c(S(=O)(=O)N3CCN(C(=S)Nc4ccccc4C)CC3)cccc2c1. The largest absolute Gasteiger partial charge is 0.346 e. The minimum absolute atomic E-state index is 0.258. The maximum Gasteiger partial charge on any atom is 0.245 e. The number of rotatable bonds is 3. The number of nitrogens with one attached hydrogen (secondary N) is 1. The molecule has 1 saturated heterocycles. The van der Waals surface area contributed by atoms with Crippen molar-refractivity contribution >= 4 is 43.9 Å². The number of anilines is 1. The molecule has 0 bridgehead atoms. The first-order valence-electron chi connectivity index (χ1n) is 9.83. The van der Waals surface area contributed by atoms with Gasteiger partial charge in [-0.3, -0.25) is 4.98 Å². The average Bonchev–Trinajstić information content (AvgIpc) is 2.74. The summed E-state index contributed by atoms with van der Waals surface area (Å²) >= 11 is 5.55. The van der Waals surface area contributed by atoms with E-state index >= 15 is 0 Å². The van der Waals surface area contributed by atoms with Crippen LogP contribution in [0.25, 0.3) is 10.9 Å². The van der Waals surface area contributed by atoms with E-state index in [1.165, 1.54) is 4.31 Å². The van der Waals surface area contributed by atoms with Gasteiger partial charge in [-0.2, -0.15) is 4.31 Å². The first-order chi connectivity index (χ1) is 14.4. The predicted molar refractivity (Wildman–Crippen MR) is 124 cm³/mol. The predicted octanol–water partition coefficient (Wildman–Crippen LogP) is 3.55. The quantitative estimate of drug-likeness (QED) is 0.629. The monoisotopic (exact) mass is 440 g/mol. The van der Waals surface area contributed by atoms with Crippen molar-refractivity contribution in [3.63, 3.8) is 0 Å². The summed E-state index contributed by atoms with van der Waals surface area (Å²) in [6, 6.07) is 15.2. The van der Waals surface area contributed by atoms with Gasteiger partial charge in [0.2, 0.25) is 10.0 Å². The first kappa shape index (κ1) is 20.7. The summed E-state index contributed by atoms with van der Waals surface area (Å²) in [6.45, 7) is 5.79. The Balaban J connectivity index is 1.49. The minimum atomic E-state index is -3.64. The zero-order valence-electron chi connectivity index (χ0n) is 17.0. The van der Waals surface area contributed by atoms with Crippen molar-refractivity contribution in [1.29, 1.82) is 0 Å². The van der Waals surface area contributed by atoms with Crippen LogP contribution in [-0.2, 0) is 10.0 Å². The molecule has 0 atom stereocenters. The normalized spacial score (nSPS) is 15.3. The molecule has 3 aromatic rings. The van der Waals surface area contributed by atoms with Gasteiger partial charge in [-0.05, 0) is 55.4 Å². The third kappa shape index (κ3) is 4.03. The van der Waals surface area contributed by atoms with Crippen LogP contribution < -0.4 is 5.32 Å². The molecule has 4 rings (SSSR count). The van der Waals surface area contributed by atoms with Gasteiger partial charge >= 0.3 is 0 Å². The third-order valence-electron chi connectivity index (χ3n) is 5.34. The van der Waals surface area contributed by atoms with Crippen LogP contribution in [0, 0.1) is 13.8 Å².